The second kappa shape index (κ2) is 6.46. The molecule has 1 aromatic carbocycles. The Morgan fingerprint density at radius 2 is 1.48 bits per heavy atom. The molecule has 0 unspecified atom stereocenters. The summed E-state index contributed by atoms with van der Waals surface area (Å²) in [5.74, 6) is 0.0364. The van der Waals surface area contributed by atoms with Crippen molar-refractivity contribution in [1.82, 2.24) is 0 Å². The molecular weight excluding hydrogens is 310 g/mol. The van der Waals surface area contributed by atoms with Gasteiger partial charge < -0.3 is 5.73 Å². The molecule has 0 amide bonds. The lowest BCUT2D eigenvalue weighted by molar-refractivity contribution is 0.344. The maximum absolute atomic E-state index is 12.2. The zero-order chi connectivity index (χ0) is 16.3. The van der Waals surface area contributed by atoms with Gasteiger partial charge in [-0.15, -0.1) is 0 Å². The third-order valence-electron chi connectivity index (χ3n) is 3.43. The van der Waals surface area contributed by atoms with Gasteiger partial charge in [0.05, 0.1) is 15.5 Å². The maximum Gasteiger partial charge on any atom is 0.178 e. The fourth-order valence-electron chi connectivity index (χ4n) is 1.85. The fraction of sp³-hybridized carbons (Fsp3) is 0.571. The van der Waals surface area contributed by atoms with Crippen LogP contribution in [-0.2, 0) is 19.7 Å². The van der Waals surface area contributed by atoms with E-state index in [4.69, 9.17) is 5.73 Å². The maximum atomic E-state index is 12.2. The molecule has 0 saturated heterocycles. The predicted octanol–water partition coefficient (Wildman–Crippen LogP) is 1.63. The molecule has 2 N–H and O–H groups in total. The molecule has 0 aliphatic carbocycles. The van der Waals surface area contributed by atoms with Gasteiger partial charge >= 0.3 is 0 Å². The summed E-state index contributed by atoms with van der Waals surface area (Å²) in [5.41, 5.74) is 5.54. The van der Waals surface area contributed by atoms with Gasteiger partial charge in [-0.25, -0.2) is 16.8 Å². The highest BCUT2D eigenvalue weighted by Crippen LogP contribution is 2.22. The Morgan fingerprint density at radius 3 is 1.90 bits per heavy atom. The number of hydrogen-bond acceptors (Lipinski definition) is 5. The van der Waals surface area contributed by atoms with Crippen LogP contribution in [0.1, 0.15) is 26.7 Å². The second-order valence-electron chi connectivity index (χ2n) is 6.03. The zero-order valence-corrected chi connectivity index (χ0v) is 14.3. The SMILES string of the molecule is CC(C)(CN)CCCS(=O)(=O)c1ccc(S(C)(=O)=O)cc1. The van der Waals surface area contributed by atoms with E-state index in [1.807, 2.05) is 13.8 Å². The summed E-state index contributed by atoms with van der Waals surface area (Å²) in [6, 6.07) is 5.34. The van der Waals surface area contributed by atoms with Crippen LogP contribution in [0.25, 0.3) is 0 Å². The minimum Gasteiger partial charge on any atom is -0.330 e. The smallest absolute Gasteiger partial charge is 0.178 e. The topological polar surface area (TPSA) is 94.3 Å². The van der Waals surface area contributed by atoms with Crippen LogP contribution in [0.15, 0.2) is 34.1 Å². The minimum absolute atomic E-state index is 0.0364. The Morgan fingerprint density at radius 1 is 1.00 bits per heavy atom. The molecule has 0 spiro atoms. The molecule has 120 valence electrons. The van der Waals surface area contributed by atoms with Gasteiger partial charge in [0.2, 0.25) is 0 Å². The normalized spacial score (nSPS) is 13.3. The number of sulfone groups is 2. The lowest BCUT2D eigenvalue weighted by Crippen LogP contribution is -2.24. The highest BCUT2D eigenvalue weighted by molar-refractivity contribution is 7.91. The molecule has 0 bridgehead atoms. The Kier molecular flexibility index (Phi) is 5.57. The van der Waals surface area contributed by atoms with Crippen LogP contribution in [0.2, 0.25) is 0 Å². The van der Waals surface area contributed by atoms with Crippen molar-refractivity contribution in [3.05, 3.63) is 24.3 Å². The molecule has 0 heterocycles. The fourth-order valence-corrected chi connectivity index (χ4v) is 3.80. The van der Waals surface area contributed by atoms with Crippen LogP contribution >= 0.6 is 0 Å². The highest BCUT2D eigenvalue weighted by atomic mass is 32.2. The molecule has 1 aromatic rings. The molecule has 0 aliphatic rings. The van der Waals surface area contributed by atoms with Crippen molar-refractivity contribution in [2.45, 2.75) is 36.5 Å². The zero-order valence-electron chi connectivity index (χ0n) is 12.7. The summed E-state index contributed by atoms with van der Waals surface area (Å²) < 4.78 is 47.1. The first-order valence-corrected chi connectivity index (χ1v) is 10.3. The van der Waals surface area contributed by atoms with Crippen LogP contribution in [0.4, 0.5) is 0 Å². The first-order chi connectivity index (χ1) is 9.48. The molecule has 0 radical (unpaired) electrons. The van der Waals surface area contributed by atoms with Crippen molar-refractivity contribution in [3.63, 3.8) is 0 Å². The minimum atomic E-state index is -3.39. The standard InChI is InChI=1S/C14H23NO4S2/c1-14(2,11-15)9-4-10-21(18,19)13-7-5-12(6-8-13)20(3,16)17/h5-8H,4,9-11,15H2,1-3H3. The lowest BCUT2D eigenvalue weighted by Gasteiger charge is -2.21. The van der Waals surface area contributed by atoms with E-state index >= 15 is 0 Å². The third kappa shape index (κ3) is 5.41. The molecule has 0 atom stereocenters. The number of hydrogen-bond donors (Lipinski definition) is 1. The molecule has 0 saturated carbocycles. The quantitative estimate of drug-likeness (QED) is 0.818. The van der Waals surface area contributed by atoms with Crippen LogP contribution in [0.5, 0.6) is 0 Å². The monoisotopic (exact) mass is 333 g/mol. The van der Waals surface area contributed by atoms with E-state index in [0.29, 0.717) is 13.0 Å². The molecule has 21 heavy (non-hydrogen) atoms. The van der Waals surface area contributed by atoms with E-state index in [-0.39, 0.29) is 21.0 Å². The largest absolute Gasteiger partial charge is 0.330 e. The van der Waals surface area contributed by atoms with Crippen LogP contribution in [0, 0.1) is 5.41 Å². The van der Waals surface area contributed by atoms with Crippen molar-refractivity contribution in [2.24, 2.45) is 11.1 Å². The Hall–Kier alpha value is -0.920. The van der Waals surface area contributed by atoms with E-state index in [2.05, 4.69) is 0 Å². The van der Waals surface area contributed by atoms with E-state index in [9.17, 15) is 16.8 Å². The van der Waals surface area contributed by atoms with Gasteiger partial charge in [-0.3, -0.25) is 0 Å². The predicted molar refractivity (Wildman–Crippen MR) is 83.7 cm³/mol. The van der Waals surface area contributed by atoms with Crippen molar-refractivity contribution < 1.29 is 16.8 Å². The van der Waals surface area contributed by atoms with Gasteiger partial charge in [0.25, 0.3) is 0 Å². The summed E-state index contributed by atoms with van der Waals surface area (Å²) in [6.45, 7) is 4.51. The van der Waals surface area contributed by atoms with Crippen molar-refractivity contribution >= 4 is 19.7 Å². The number of benzene rings is 1. The van der Waals surface area contributed by atoms with Crippen LogP contribution in [-0.4, -0.2) is 35.4 Å². The van der Waals surface area contributed by atoms with E-state index in [0.717, 1.165) is 12.7 Å². The summed E-state index contributed by atoms with van der Waals surface area (Å²) in [4.78, 5) is 0.270. The van der Waals surface area contributed by atoms with Gasteiger partial charge in [-0.05, 0) is 49.1 Å². The van der Waals surface area contributed by atoms with Crippen LogP contribution in [0.3, 0.4) is 0 Å². The first-order valence-electron chi connectivity index (χ1n) is 6.71. The van der Waals surface area contributed by atoms with Gasteiger partial charge in [-0.2, -0.15) is 0 Å². The summed E-state index contributed by atoms with van der Waals surface area (Å²) >= 11 is 0. The molecule has 0 fully saturated rings. The lowest BCUT2D eigenvalue weighted by atomic mass is 9.88. The van der Waals surface area contributed by atoms with E-state index < -0.39 is 19.7 Å². The second-order valence-corrected chi connectivity index (χ2v) is 10.2. The average molecular weight is 333 g/mol. The Labute approximate surface area is 127 Å². The molecule has 0 aromatic heterocycles. The van der Waals surface area contributed by atoms with Gasteiger partial charge in [0, 0.05) is 6.26 Å². The Balaban J connectivity index is 2.80. The summed E-state index contributed by atoms with van der Waals surface area (Å²) in [5, 5.41) is 0. The average Bonchev–Trinajstić information content (AvgIpc) is 2.37. The van der Waals surface area contributed by atoms with Crippen molar-refractivity contribution in [1.29, 1.82) is 0 Å². The third-order valence-corrected chi connectivity index (χ3v) is 6.38. The van der Waals surface area contributed by atoms with E-state index in [1.54, 1.807) is 0 Å². The first kappa shape index (κ1) is 18.1. The van der Waals surface area contributed by atoms with Gasteiger partial charge in [0.15, 0.2) is 19.7 Å². The van der Waals surface area contributed by atoms with Gasteiger partial charge in [-0.1, -0.05) is 13.8 Å². The summed E-state index contributed by atoms with van der Waals surface area (Å²) in [6.07, 6.45) is 2.34. The van der Waals surface area contributed by atoms with E-state index in [1.165, 1.54) is 24.3 Å². The van der Waals surface area contributed by atoms with Crippen molar-refractivity contribution in [2.75, 3.05) is 18.6 Å². The van der Waals surface area contributed by atoms with Gasteiger partial charge in [0.1, 0.15) is 0 Å². The van der Waals surface area contributed by atoms with Crippen molar-refractivity contribution in [3.8, 4) is 0 Å². The molecule has 0 aliphatic heterocycles. The molecule has 7 heteroatoms. The molecule has 1 rings (SSSR count). The highest BCUT2D eigenvalue weighted by Gasteiger charge is 2.19. The number of nitrogens with two attached hydrogens (primary N) is 1. The number of rotatable bonds is 7. The molecule has 5 nitrogen and oxygen atoms in total. The molecular formula is C14H23NO4S2. The van der Waals surface area contributed by atoms with Crippen LogP contribution < -0.4 is 5.73 Å². The summed E-state index contributed by atoms with van der Waals surface area (Å²) in [7, 11) is -6.70. The Bertz CT molecular complexity index is 674.